The van der Waals surface area contributed by atoms with Crippen LogP contribution in [-0.4, -0.2) is 34.7 Å². The number of piperidine rings is 1. The van der Waals surface area contributed by atoms with Crippen LogP contribution in [-0.2, 0) is 17.9 Å². The minimum absolute atomic E-state index is 0.00468. The molecule has 1 atom stereocenters. The first-order valence-corrected chi connectivity index (χ1v) is 11.8. The van der Waals surface area contributed by atoms with Crippen LogP contribution >= 0.6 is 0 Å². The summed E-state index contributed by atoms with van der Waals surface area (Å²) >= 11 is 0. The second kappa shape index (κ2) is 9.96. The molecule has 1 aromatic heterocycles. The predicted octanol–water partition coefficient (Wildman–Crippen LogP) is 5.51. The van der Waals surface area contributed by atoms with Gasteiger partial charge in [0, 0.05) is 25.2 Å². The number of amides is 2. The molecule has 5 nitrogen and oxygen atoms in total. The van der Waals surface area contributed by atoms with Crippen molar-refractivity contribution in [2.75, 3.05) is 13.1 Å². The lowest BCUT2D eigenvalue weighted by Crippen LogP contribution is -2.46. The maximum atomic E-state index is 13.7. The van der Waals surface area contributed by atoms with Crippen LogP contribution in [0.1, 0.15) is 34.5 Å². The van der Waals surface area contributed by atoms with Gasteiger partial charge in [-0.1, -0.05) is 66.7 Å². The van der Waals surface area contributed by atoms with Gasteiger partial charge in [0.05, 0.1) is 18.7 Å². The summed E-state index contributed by atoms with van der Waals surface area (Å²) in [7, 11) is 0. The molecule has 0 spiro atoms. The third-order valence-corrected chi connectivity index (χ3v) is 6.53. The maximum absolute atomic E-state index is 13.7. The summed E-state index contributed by atoms with van der Waals surface area (Å²) in [6.07, 6.45) is 3.22. The Bertz CT molecular complexity index is 1260. The van der Waals surface area contributed by atoms with E-state index in [1.165, 1.54) is 0 Å². The Morgan fingerprint density at radius 2 is 1.68 bits per heavy atom. The molecule has 0 aliphatic carbocycles. The number of carbonyl (C=O) groups excluding carboxylic acids is 2. The number of hydrogen-bond donors (Lipinski definition) is 0. The molecule has 1 aliphatic rings. The SMILES string of the molecule is O=C(c1cccc2ccccc12)N1CCCC(C(=O)N(Cc2ccccc2)Cc2ccco2)C1. The van der Waals surface area contributed by atoms with E-state index < -0.39 is 0 Å². The molecule has 3 aromatic carbocycles. The summed E-state index contributed by atoms with van der Waals surface area (Å²) in [5.74, 6) is 0.584. The topological polar surface area (TPSA) is 53.8 Å². The molecule has 1 saturated heterocycles. The van der Waals surface area contributed by atoms with Gasteiger partial charge in [-0.25, -0.2) is 0 Å². The Kier molecular flexibility index (Phi) is 6.43. The Morgan fingerprint density at radius 3 is 2.50 bits per heavy atom. The number of furan rings is 1. The summed E-state index contributed by atoms with van der Waals surface area (Å²) in [5, 5.41) is 2.00. The smallest absolute Gasteiger partial charge is 0.254 e. The standard InChI is InChI=1S/C29H28N2O3/c32-28(31(21-25-14-8-18-34-25)19-22-9-2-1-3-10-22)24-13-7-17-30(20-24)29(33)27-16-6-12-23-11-4-5-15-26(23)27/h1-6,8-12,14-16,18,24H,7,13,17,19-21H2. The van der Waals surface area contributed by atoms with Gasteiger partial charge in [0.2, 0.25) is 5.91 Å². The fraction of sp³-hybridized carbons (Fsp3) is 0.241. The van der Waals surface area contributed by atoms with E-state index in [-0.39, 0.29) is 17.7 Å². The molecule has 0 saturated carbocycles. The molecule has 2 amide bonds. The molecule has 0 bridgehead atoms. The van der Waals surface area contributed by atoms with E-state index in [0.717, 1.165) is 34.9 Å². The molecule has 4 aromatic rings. The van der Waals surface area contributed by atoms with Crippen LogP contribution < -0.4 is 0 Å². The minimum atomic E-state index is -0.230. The Hall–Kier alpha value is -3.86. The van der Waals surface area contributed by atoms with Crippen LogP contribution in [0.2, 0.25) is 0 Å². The van der Waals surface area contributed by atoms with Crippen LogP contribution in [0.4, 0.5) is 0 Å². The van der Waals surface area contributed by atoms with Crippen molar-refractivity contribution in [2.45, 2.75) is 25.9 Å². The molecule has 172 valence electrons. The quantitative estimate of drug-likeness (QED) is 0.387. The van der Waals surface area contributed by atoms with E-state index >= 15 is 0 Å². The van der Waals surface area contributed by atoms with Crippen LogP contribution in [0, 0.1) is 5.92 Å². The molecule has 1 unspecified atom stereocenters. The first-order chi connectivity index (χ1) is 16.7. The van der Waals surface area contributed by atoms with Crippen molar-refractivity contribution < 1.29 is 14.0 Å². The molecule has 0 radical (unpaired) electrons. The van der Waals surface area contributed by atoms with E-state index in [4.69, 9.17) is 4.42 Å². The average molecular weight is 453 g/mol. The number of benzene rings is 3. The second-order valence-electron chi connectivity index (χ2n) is 8.88. The van der Waals surface area contributed by atoms with Crippen molar-refractivity contribution >= 4 is 22.6 Å². The van der Waals surface area contributed by atoms with E-state index in [2.05, 4.69) is 0 Å². The summed E-state index contributed by atoms with van der Waals surface area (Å²) in [5.41, 5.74) is 1.77. The van der Waals surface area contributed by atoms with Gasteiger partial charge in [0.1, 0.15) is 5.76 Å². The molecule has 2 heterocycles. The number of rotatable bonds is 6. The minimum Gasteiger partial charge on any atom is -0.467 e. The lowest BCUT2D eigenvalue weighted by atomic mass is 9.94. The van der Waals surface area contributed by atoms with E-state index in [0.29, 0.717) is 31.7 Å². The first-order valence-electron chi connectivity index (χ1n) is 11.8. The number of fused-ring (bicyclic) bond motifs is 1. The van der Waals surface area contributed by atoms with Gasteiger partial charge in [0.15, 0.2) is 0 Å². The highest BCUT2D eigenvalue weighted by Crippen LogP contribution is 2.25. The van der Waals surface area contributed by atoms with Crippen molar-refractivity contribution in [1.82, 2.24) is 9.80 Å². The van der Waals surface area contributed by atoms with Crippen LogP contribution in [0.5, 0.6) is 0 Å². The van der Waals surface area contributed by atoms with Gasteiger partial charge in [-0.3, -0.25) is 9.59 Å². The molecule has 1 aliphatic heterocycles. The fourth-order valence-electron chi connectivity index (χ4n) is 4.81. The van der Waals surface area contributed by atoms with Gasteiger partial charge >= 0.3 is 0 Å². The van der Waals surface area contributed by atoms with Crippen LogP contribution in [0.25, 0.3) is 10.8 Å². The fourth-order valence-corrected chi connectivity index (χ4v) is 4.81. The number of hydrogen-bond acceptors (Lipinski definition) is 3. The molecule has 34 heavy (non-hydrogen) atoms. The van der Waals surface area contributed by atoms with Gasteiger partial charge in [-0.05, 0) is 47.4 Å². The van der Waals surface area contributed by atoms with Crippen molar-refractivity contribution in [2.24, 2.45) is 5.92 Å². The highest BCUT2D eigenvalue weighted by atomic mass is 16.3. The van der Waals surface area contributed by atoms with Crippen LogP contribution in [0.15, 0.2) is 95.6 Å². The molecule has 5 rings (SSSR count). The van der Waals surface area contributed by atoms with Gasteiger partial charge in [-0.15, -0.1) is 0 Å². The molecule has 1 fully saturated rings. The normalized spacial score (nSPS) is 15.9. The van der Waals surface area contributed by atoms with Gasteiger partial charge in [-0.2, -0.15) is 0 Å². The second-order valence-corrected chi connectivity index (χ2v) is 8.88. The van der Waals surface area contributed by atoms with E-state index in [9.17, 15) is 9.59 Å². The molecule has 5 heteroatoms. The molecular weight excluding hydrogens is 424 g/mol. The Morgan fingerprint density at radius 1 is 0.882 bits per heavy atom. The Balaban J connectivity index is 1.35. The third kappa shape index (κ3) is 4.74. The van der Waals surface area contributed by atoms with E-state index in [1.54, 1.807) is 6.26 Å². The number of carbonyl (C=O) groups is 2. The van der Waals surface area contributed by atoms with E-state index in [1.807, 2.05) is 94.7 Å². The zero-order valence-corrected chi connectivity index (χ0v) is 19.1. The summed E-state index contributed by atoms with van der Waals surface area (Å²) in [6.45, 7) is 2.02. The average Bonchev–Trinajstić information content (AvgIpc) is 3.41. The van der Waals surface area contributed by atoms with Crippen molar-refractivity contribution in [3.63, 3.8) is 0 Å². The van der Waals surface area contributed by atoms with Crippen molar-refractivity contribution in [1.29, 1.82) is 0 Å². The van der Waals surface area contributed by atoms with Gasteiger partial charge in [0.25, 0.3) is 5.91 Å². The number of likely N-dealkylation sites (tertiary alicyclic amines) is 1. The third-order valence-electron chi connectivity index (χ3n) is 6.53. The van der Waals surface area contributed by atoms with Crippen molar-refractivity contribution in [3.05, 3.63) is 108 Å². The number of nitrogens with zero attached hydrogens (tertiary/aromatic N) is 2. The molecular formula is C29H28N2O3. The summed E-state index contributed by atoms with van der Waals surface area (Å²) in [4.78, 5) is 30.9. The maximum Gasteiger partial charge on any atom is 0.254 e. The van der Waals surface area contributed by atoms with Gasteiger partial charge < -0.3 is 14.2 Å². The van der Waals surface area contributed by atoms with Crippen molar-refractivity contribution in [3.8, 4) is 0 Å². The summed E-state index contributed by atoms with van der Waals surface area (Å²) < 4.78 is 5.54. The Labute approximate surface area is 199 Å². The zero-order chi connectivity index (χ0) is 23.3. The lowest BCUT2D eigenvalue weighted by Gasteiger charge is -2.35. The largest absolute Gasteiger partial charge is 0.467 e. The van der Waals surface area contributed by atoms with Crippen LogP contribution in [0.3, 0.4) is 0 Å². The summed E-state index contributed by atoms with van der Waals surface area (Å²) in [6, 6.07) is 27.5. The lowest BCUT2D eigenvalue weighted by molar-refractivity contribution is -0.138. The zero-order valence-electron chi connectivity index (χ0n) is 19.1. The molecule has 0 N–H and O–H groups in total. The highest BCUT2D eigenvalue weighted by molar-refractivity contribution is 6.07. The first kappa shape index (κ1) is 22.0. The predicted molar refractivity (Wildman–Crippen MR) is 132 cm³/mol. The highest BCUT2D eigenvalue weighted by Gasteiger charge is 2.32. The monoisotopic (exact) mass is 452 g/mol.